The quantitative estimate of drug-likeness (QED) is 0.591. The summed E-state index contributed by atoms with van der Waals surface area (Å²) in [5.41, 5.74) is 0.592. The Kier molecular flexibility index (Phi) is 3.43. The molecule has 2 nitrogen and oxygen atoms in total. The summed E-state index contributed by atoms with van der Waals surface area (Å²) < 4.78 is 0. The summed E-state index contributed by atoms with van der Waals surface area (Å²) in [4.78, 5) is 2.35. The van der Waals surface area contributed by atoms with E-state index in [1.165, 1.54) is 26.1 Å². The minimum atomic E-state index is 0. The molecule has 1 N–H and O–H groups in total. The van der Waals surface area contributed by atoms with Gasteiger partial charge in [0.2, 0.25) is 0 Å². The third-order valence-electron chi connectivity index (χ3n) is 2.25. The number of hydrogen-bond acceptors (Lipinski definition) is 2. The second-order valence-electron chi connectivity index (χ2n) is 3.13. The number of nitrogens with one attached hydrogen (secondary N) is 1. The second-order valence-corrected chi connectivity index (χ2v) is 3.13. The van der Waals surface area contributed by atoms with Gasteiger partial charge in [0, 0.05) is 18.6 Å². The standard InChI is InChI=1S/C6H12N2.2ClH/c1-8-4-6(5-8)2-3-7-6;;/h7H,2-5H2,1H3;2*1H. The normalized spacial score (nSPS) is 27.3. The predicted octanol–water partition coefficient (Wildman–Crippen LogP) is 0.507. The molecule has 0 saturated carbocycles. The molecule has 4 heteroatoms. The first-order valence-corrected chi connectivity index (χ1v) is 3.24. The number of likely N-dealkylation sites (N-methyl/N-ethyl adjacent to an activating group) is 1. The summed E-state index contributed by atoms with van der Waals surface area (Å²) >= 11 is 0. The van der Waals surface area contributed by atoms with Crippen molar-refractivity contribution in [2.45, 2.75) is 12.0 Å². The van der Waals surface area contributed by atoms with Crippen LogP contribution in [0.1, 0.15) is 6.42 Å². The molecule has 0 bridgehead atoms. The molecule has 0 radical (unpaired) electrons. The zero-order chi connectivity index (χ0) is 5.61. The highest BCUT2D eigenvalue weighted by Gasteiger charge is 2.45. The summed E-state index contributed by atoms with van der Waals surface area (Å²) in [5.74, 6) is 0. The van der Waals surface area contributed by atoms with Crippen LogP contribution in [0.4, 0.5) is 0 Å². The van der Waals surface area contributed by atoms with E-state index in [-0.39, 0.29) is 24.8 Å². The van der Waals surface area contributed by atoms with Gasteiger partial charge in [0.15, 0.2) is 0 Å². The maximum atomic E-state index is 3.45. The van der Waals surface area contributed by atoms with E-state index in [1.54, 1.807) is 0 Å². The zero-order valence-electron chi connectivity index (χ0n) is 6.09. The Morgan fingerprint density at radius 2 is 1.80 bits per heavy atom. The third-order valence-corrected chi connectivity index (χ3v) is 2.25. The molecular formula is C6H14Cl2N2. The average Bonchev–Trinajstić information content (AvgIpc) is 1.51. The van der Waals surface area contributed by atoms with Crippen molar-refractivity contribution in [1.29, 1.82) is 0 Å². The maximum Gasteiger partial charge on any atom is 0.0449 e. The van der Waals surface area contributed by atoms with Gasteiger partial charge in [-0.05, 0) is 20.0 Å². The monoisotopic (exact) mass is 184 g/mol. The number of likely N-dealkylation sites (tertiary alicyclic amines) is 1. The molecule has 0 aromatic heterocycles. The average molecular weight is 185 g/mol. The van der Waals surface area contributed by atoms with Crippen molar-refractivity contribution in [3.05, 3.63) is 0 Å². The summed E-state index contributed by atoms with van der Waals surface area (Å²) in [7, 11) is 2.17. The van der Waals surface area contributed by atoms with E-state index in [0.717, 1.165) is 0 Å². The molecule has 1 spiro atoms. The predicted molar refractivity (Wildman–Crippen MR) is 47.3 cm³/mol. The van der Waals surface area contributed by atoms with E-state index < -0.39 is 0 Å². The highest BCUT2D eigenvalue weighted by Crippen LogP contribution is 2.28. The molecule has 2 aliphatic rings. The largest absolute Gasteiger partial charge is 0.309 e. The number of halogens is 2. The number of nitrogens with zero attached hydrogens (tertiary/aromatic N) is 1. The lowest BCUT2D eigenvalue weighted by molar-refractivity contribution is 0.0136. The van der Waals surface area contributed by atoms with E-state index >= 15 is 0 Å². The van der Waals surface area contributed by atoms with Gasteiger partial charge in [-0.2, -0.15) is 0 Å². The number of hydrogen-bond donors (Lipinski definition) is 1. The van der Waals surface area contributed by atoms with Crippen LogP contribution < -0.4 is 5.32 Å². The molecule has 0 unspecified atom stereocenters. The first-order chi connectivity index (χ1) is 3.81. The van der Waals surface area contributed by atoms with Crippen molar-refractivity contribution >= 4 is 24.8 Å². The first kappa shape index (κ1) is 10.5. The van der Waals surface area contributed by atoms with Gasteiger partial charge in [0.05, 0.1) is 0 Å². The molecule has 0 aromatic rings. The summed E-state index contributed by atoms with van der Waals surface area (Å²) in [6.07, 6.45) is 1.40. The van der Waals surface area contributed by atoms with Crippen molar-refractivity contribution in [1.82, 2.24) is 10.2 Å². The molecule has 0 aliphatic carbocycles. The molecule has 2 heterocycles. The molecular weight excluding hydrogens is 171 g/mol. The minimum absolute atomic E-state index is 0. The smallest absolute Gasteiger partial charge is 0.0449 e. The Morgan fingerprint density at radius 1 is 1.30 bits per heavy atom. The minimum Gasteiger partial charge on any atom is -0.309 e. The molecule has 62 valence electrons. The van der Waals surface area contributed by atoms with Gasteiger partial charge in [0.1, 0.15) is 0 Å². The van der Waals surface area contributed by atoms with Gasteiger partial charge in [0.25, 0.3) is 0 Å². The lowest BCUT2D eigenvalue weighted by atomic mass is 9.81. The van der Waals surface area contributed by atoms with Crippen molar-refractivity contribution < 1.29 is 0 Å². The summed E-state index contributed by atoms with van der Waals surface area (Å²) in [6, 6.07) is 0. The SMILES string of the molecule is CN1CC2(CCN2)C1.Cl.Cl. The van der Waals surface area contributed by atoms with E-state index in [4.69, 9.17) is 0 Å². The lowest BCUT2D eigenvalue weighted by Crippen LogP contribution is -2.74. The fourth-order valence-electron chi connectivity index (χ4n) is 1.74. The lowest BCUT2D eigenvalue weighted by Gasteiger charge is -2.55. The van der Waals surface area contributed by atoms with Crippen LogP contribution in [0, 0.1) is 0 Å². The topological polar surface area (TPSA) is 15.3 Å². The Morgan fingerprint density at radius 3 is 1.90 bits per heavy atom. The van der Waals surface area contributed by atoms with Crippen molar-refractivity contribution in [3.63, 3.8) is 0 Å². The Balaban J connectivity index is 0.000000405. The highest BCUT2D eigenvalue weighted by atomic mass is 35.5. The molecule has 2 rings (SSSR count). The second kappa shape index (κ2) is 3.26. The Hall–Kier alpha value is 0.500. The van der Waals surface area contributed by atoms with Crippen molar-refractivity contribution in [3.8, 4) is 0 Å². The van der Waals surface area contributed by atoms with Crippen LogP contribution in [0.5, 0.6) is 0 Å². The van der Waals surface area contributed by atoms with Crippen LogP contribution in [0.15, 0.2) is 0 Å². The Bertz CT molecular complexity index is 106. The first-order valence-electron chi connectivity index (χ1n) is 3.24. The van der Waals surface area contributed by atoms with Crippen LogP contribution >= 0.6 is 24.8 Å². The van der Waals surface area contributed by atoms with Crippen LogP contribution in [0.25, 0.3) is 0 Å². The van der Waals surface area contributed by atoms with Crippen LogP contribution in [0.2, 0.25) is 0 Å². The molecule has 0 aromatic carbocycles. The zero-order valence-corrected chi connectivity index (χ0v) is 7.73. The van der Waals surface area contributed by atoms with Gasteiger partial charge in [-0.25, -0.2) is 0 Å². The van der Waals surface area contributed by atoms with Crippen LogP contribution in [0.3, 0.4) is 0 Å². The summed E-state index contributed by atoms with van der Waals surface area (Å²) in [6.45, 7) is 3.79. The molecule has 0 amide bonds. The third kappa shape index (κ3) is 1.40. The van der Waals surface area contributed by atoms with Gasteiger partial charge < -0.3 is 10.2 Å². The van der Waals surface area contributed by atoms with E-state index in [9.17, 15) is 0 Å². The van der Waals surface area contributed by atoms with Gasteiger partial charge in [-0.15, -0.1) is 24.8 Å². The van der Waals surface area contributed by atoms with Gasteiger partial charge in [-0.3, -0.25) is 0 Å². The molecule has 2 fully saturated rings. The van der Waals surface area contributed by atoms with Crippen molar-refractivity contribution in [2.75, 3.05) is 26.7 Å². The van der Waals surface area contributed by atoms with Gasteiger partial charge in [-0.1, -0.05) is 0 Å². The molecule has 2 aliphatic heterocycles. The molecule has 0 atom stereocenters. The van der Waals surface area contributed by atoms with Crippen molar-refractivity contribution in [2.24, 2.45) is 0 Å². The van der Waals surface area contributed by atoms with E-state index in [2.05, 4.69) is 17.3 Å². The number of rotatable bonds is 0. The fraction of sp³-hybridized carbons (Fsp3) is 1.00. The van der Waals surface area contributed by atoms with Gasteiger partial charge >= 0.3 is 0 Å². The summed E-state index contributed by atoms with van der Waals surface area (Å²) in [5, 5.41) is 3.45. The Labute approximate surface area is 74.2 Å². The highest BCUT2D eigenvalue weighted by molar-refractivity contribution is 5.85. The molecule has 10 heavy (non-hydrogen) atoms. The van der Waals surface area contributed by atoms with Crippen LogP contribution in [-0.4, -0.2) is 37.1 Å². The van der Waals surface area contributed by atoms with E-state index in [1.807, 2.05) is 0 Å². The van der Waals surface area contributed by atoms with E-state index in [0.29, 0.717) is 5.54 Å². The molecule has 2 saturated heterocycles. The maximum absolute atomic E-state index is 3.45. The van der Waals surface area contributed by atoms with Crippen LogP contribution in [-0.2, 0) is 0 Å². The fourth-order valence-corrected chi connectivity index (χ4v) is 1.74.